The molecule has 2 bridgehead atoms. The average Bonchev–Trinajstić information content (AvgIpc) is 2.61. The van der Waals surface area contributed by atoms with Crippen molar-refractivity contribution in [3.05, 3.63) is 24.3 Å². The molecular formula is C19H29N3O. The predicted molar refractivity (Wildman–Crippen MR) is 94.3 cm³/mol. The third kappa shape index (κ3) is 2.94. The van der Waals surface area contributed by atoms with Crippen molar-refractivity contribution in [3.63, 3.8) is 0 Å². The maximum absolute atomic E-state index is 5.54. The fourth-order valence-electron chi connectivity index (χ4n) is 5.02. The molecule has 0 radical (unpaired) electrons. The minimum absolute atomic E-state index is 0.824. The highest BCUT2D eigenvalue weighted by Crippen LogP contribution is 2.36. The second-order valence-electron chi connectivity index (χ2n) is 7.29. The van der Waals surface area contributed by atoms with E-state index in [2.05, 4.69) is 39.4 Å². The van der Waals surface area contributed by atoms with E-state index < -0.39 is 0 Å². The smallest absolute Gasteiger partial charge is 0.142 e. The number of nitrogens with zero attached hydrogens (tertiary/aromatic N) is 2. The van der Waals surface area contributed by atoms with Crippen LogP contribution in [0.2, 0.25) is 0 Å². The number of benzene rings is 1. The normalized spacial score (nSPS) is 31.9. The average molecular weight is 315 g/mol. The lowest BCUT2D eigenvalue weighted by molar-refractivity contribution is 0.0282. The molecule has 1 aliphatic carbocycles. The molecule has 2 heterocycles. The van der Waals surface area contributed by atoms with Gasteiger partial charge in [-0.15, -0.1) is 0 Å². The lowest BCUT2D eigenvalue weighted by Gasteiger charge is -2.51. The van der Waals surface area contributed by atoms with Gasteiger partial charge >= 0.3 is 0 Å². The first-order chi connectivity index (χ1) is 11.4. The molecule has 2 saturated heterocycles. The second kappa shape index (κ2) is 6.70. The zero-order valence-electron chi connectivity index (χ0n) is 14.2. The van der Waals surface area contributed by atoms with Gasteiger partial charge in [0, 0.05) is 32.2 Å². The number of hydrogen-bond acceptors (Lipinski definition) is 4. The molecule has 2 atom stereocenters. The quantitative estimate of drug-likeness (QED) is 0.925. The number of anilines is 1. The third-order valence-electron chi connectivity index (χ3n) is 6.09. The topological polar surface area (TPSA) is 27.7 Å². The highest BCUT2D eigenvalue weighted by Gasteiger charge is 2.40. The Labute approximate surface area is 139 Å². The van der Waals surface area contributed by atoms with Gasteiger partial charge in [0.25, 0.3) is 0 Å². The van der Waals surface area contributed by atoms with Gasteiger partial charge in [0.05, 0.1) is 12.8 Å². The Kier molecular flexibility index (Phi) is 4.45. The lowest BCUT2D eigenvalue weighted by Crippen LogP contribution is -2.61. The Bertz CT molecular complexity index is 505. The summed E-state index contributed by atoms with van der Waals surface area (Å²) in [5.74, 6) is 2.75. The van der Waals surface area contributed by atoms with E-state index in [1.807, 2.05) is 0 Å². The van der Waals surface area contributed by atoms with Crippen molar-refractivity contribution in [2.45, 2.75) is 25.3 Å². The van der Waals surface area contributed by atoms with Crippen molar-refractivity contribution in [3.8, 4) is 5.75 Å². The van der Waals surface area contributed by atoms with Crippen LogP contribution in [0.3, 0.4) is 0 Å². The molecule has 2 aliphatic heterocycles. The standard InChI is InChI=1S/C19H29N3O/c1-23-18-8-3-2-7-17(18)21-9-11-22(12-10-21)19-15-5-4-6-16(19)14-20-13-15/h2-3,7-8,15-16,19-20H,4-6,9-14H2,1H3/t15-,16-/m1/s1. The number of methoxy groups -OCH3 is 1. The van der Waals surface area contributed by atoms with E-state index >= 15 is 0 Å². The summed E-state index contributed by atoms with van der Waals surface area (Å²) in [6.07, 6.45) is 4.27. The zero-order valence-corrected chi connectivity index (χ0v) is 14.2. The number of hydrogen-bond donors (Lipinski definition) is 1. The summed E-state index contributed by atoms with van der Waals surface area (Å²) < 4.78 is 5.54. The zero-order chi connectivity index (χ0) is 15.6. The number of ether oxygens (including phenoxy) is 1. The Hall–Kier alpha value is -1.26. The Morgan fingerprint density at radius 1 is 1.00 bits per heavy atom. The van der Waals surface area contributed by atoms with Crippen molar-refractivity contribution < 1.29 is 4.74 Å². The molecule has 0 aromatic heterocycles. The van der Waals surface area contributed by atoms with Crippen LogP contribution in [0.25, 0.3) is 0 Å². The largest absolute Gasteiger partial charge is 0.495 e. The predicted octanol–water partition coefficient (Wildman–Crippen LogP) is 2.21. The molecule has 1 aromatic rings. The van der Waals surface area contributed by atoms with Gasteiger partial charge in [-0.3, -0.25) is 4.90 Å². The number of piperazine rings is 1. The van der Waals surface area contributed by atoms with Gasteiger partial charge in [-0.25, -0.2) is 0 Å². The second-order valence-corrected chi connectivity index (χ2v) is 7.29. The summed E-state index contributed by atoms with van der Waals surface area (Å²) in [5, 5.41) is 3.65. The highest BCUT2D eigenvalue weighted by atomic mass is 16.5. The van der Waals surface area contributed by atoms with E-state index in [4.69, 9.17) is 4.74 Å². The van der Waals surface area contributed by atoms with E-state index in [0.29, 0.717) is 0 Å². The van der Waals surface area contributed by atoms with Crippen LogP contribution in [0.1, 0.15) is 19.3 Å². The van der Waals surface area contributed by atoms with Crippen molar-refractivity contribution in [1.29, 1.82) is 0 Å². The highest BCUT2D eigenvalue weighted by molar-refractivity contribution is 5.58. The van der Waals surface area contributed by atoms with Gasteiger partial charge in [0.2, 0.25) is 0 Å². The SMILES string of the molecule is COc1ccccc1N1CCN(C2[C@@H]3CCC[C@@H]2CNC3)CC1. The van der Waals surface area contributed by atoms with Crippen LogP contribution >= 0.6 is 0 Å². The Morgan fingerprint density at radius 2 is 1.70 bits per heavy atom. The summed E-state index contributed by atoms with van der Waals surface area (Å²) in [5.41, 5.74) is 1.25. The third-order valence-corrected chi connectivity index (χ3v) is 6.09. The van der Waals surface area contributed by atoms with Crippen molar-refractivity contribution in [2.24, 2.45) is 11.8 Å². The summed E-state index contributed by atoms with van der Waals surface area (Å²) in [4.78, 5) is 5.29. The molecule has 0 amide bonds. The molecule has 4 heteroatoms. The molecule has 1 aromatic carbocycles. The molecule has 4 nitrogen and oxygen atoms in total. The molecule has 4 rings (SSSR count). The van der Waals surface area contributed by atoms with Crippen molar-refractivity contribution in [1.82, 2.24) is 10.2 Å². The molecule has 0 unspecified atom stereocenters. The Balaban J connectivity index is 1.43. The maximum atomic E-state index is 5.54. The molecule has 0 spiro atoms. The molecule has 23 heavy (non-hydrogen) atoms. The molecular weight excluding hydrogens is 286 g/mol. The van der Waals surface area contributed by atoms with Crippen LogP contribution in [0, 0.1) is 11.8 Å². The van der Waals surface area contributed by atoms with E-state index in [0.717, 1.165) is 36.7 Å². The van der Waals surface area contributed by atoms with E-state index in [-0.39, 0.29) is 0 Å². The maximum Gasteiger partial charge on any atom is 0.142 e. The van der Waals surface area contributed by atoms with Gasteiger partial charge < -0.3 is 15.0 Å². The summed E-state index contributed by atoms with van der Waals surface area (Å²) >= 11 is 0. The fraction of sp³-hybridized carbons (Fsp3) is 0.684. The van der Waals surface area contributed by atoms with E-state index in [1.54, 1.807) is 7.11 Å². The van der Waals surface area contributed by atoms with Crippen molar-refractivity contribution >= 4 is 5.69 Å². The molecule has 3 aliphatic rings. The van der Waals surface area contributed by atoms with Gasteiger partial charge in [-0.1, -0.05) is 18.6 Å². The van der Waals surface area contributed by atoms with Crippen LogP contribution in [0.5, 0.6) is 5.75 Å². The lowest BCUT2D eigenvalue weighted by atomic mass is 9.73. The minimum Gasteiger partial charge on any atom is -0.495 e. The Morgan fingerprint density at radius 3 is 2.39 bits per heavy atom. The first kappa shape index (κ1) is 15.3. The van der Waals surface area contributed by atoms with E-state index in [9.17, 15) is 0 Å². The van der Waals surface area contributed by atoms with Gasteiger partial charge in [-0.2, -0.15) is 0 Å². The van der Waals surface area contributed by atoms with E-state index in [1.165, 1.54) is 51.1 Å². The van der Waals surface area contributed by atoms with Crippen LogP contribution in [0.15, 0.2) is 24.3 Å². The van der Waals surface area contributed by atoms with Crippen LogP contribution < -0.4 is 15.0 Å². The molecule has 1 N–H and O–H groups in total. The summed E-state index contributed by atoms with van der Waals surface area (Å²) in [6, 6.07) is 9.24. The molecule has 1 saturated carbocycles. The fourth-order valence-corrected chi connectivity index (χ4v) is 5.02. The van der Waals surface area contributed by atoms with Crippen LogP contribution in [0.4, 0.5) is 5.69 Å². The van der Waals surface area contributed by atoms with Crippen LogP contribution in [-0.2, 0) is 0 Å². The number of fused-ring (bicyclic) bond motifs is 2. The molecule has 3 fully saturated rings. The van der Waals surface area contributed by atoms with Crippen LogP contribution in [-0.4, -0.2) is 57.3 Å². The number of para-hydroxylation sites is 2. The van der Waals surface area contributed by atoms with Gasteiger partial charge in [0.1, 0.15) is 5.75 Å². The monoisotopic (exact) mass is 315 g/mol. The minimum atomic E-state index is 0.824. The summed E-state index contributed by atoms with van der Waals surface area (Å²) in [7, 11) is 1.77. The number of piperidine rings is 1. The van der Waals surface area contributed by atoms with Gasteiger partial charge in [-0.05, 0) is 49.9 Å². The first-order valence-electron chi connectivity index (χ1n) is 9.19. The van der Waals surface area contributed by atoms with Crippen molar-refractivity contribution in [2.75, 3.05) is 51.3 Å². The number of nitrogens with one attached hydrogen (secondary N) is 1. The first-order valence-corrected chi connectivity index (χ1v) is 9.19. The summed E-state index contributed by atoms with van der Waals surface area (Å²) in [6.45, 7) is 7.07. The number of rotatable bonds is 3. The molecule has 126 valence electrons. The van der Waals surface area contributed by atoms with Gasteiger partial charge in [0.15, 0.2) is 0 Å².